The van der Waals surface area contributed by atoms with Crippen LogP contribution in [0.15, 0.2) is 130 Å². The van der Waals surface area contributed by atoms with Gasteiger partial charge in [-0.2, -0.15) is 0 Å². The van der Waals surface area contributed by atoms with Crippen molar-refractivity contribution < 1.29 is 9.32 Å². The van der Waals surface area contributed by atoms with Gasteiger partial charge in [0.05, 0.1) is 21.1 Å². The Balaban J connectivity index is 2.08. The predicted octanol–water partition coefficient (Wildman–Crippen LogP) is 5.98. The average molecular weight is 514 g/mol. The fourth-order valence-electron chi connectivity index (χ4n) is 4.92. The van der Waals surface area contributed by atoms with Crippen molar-refractivity contribution in [2.24, 2.45) is 4.03 Å². The van der Waals surface area contributed by atoms with E-state index in [2.05, 4.69) is 45.0 Å². The van der Waals surface area contributed by atoms with Crippen LogP contribution < -0.4 is 10.4 Å². The Hall–Kier alpha value is -2.99. The fraction of sp³-hybridized carbons (Fsp3) is 0.226. The summed E-state index contributed by atoms with van der Waals surface area (Å²) in [5, 5.41) is 13.6. The van der Waals surface area contributed by atoms with Gasteiger partial charge in [-0.25, -0.2) is 4.21 Å². The molecule has 0 aromatic heterocycles. The minimum absolute atomic E-state index is 0.00146. The summed E-state index contributed by atoms with van der Waals surface area (Å²) < 4.78 is 20.8. The third-order valence-corrected chi connectivity index (χ3v) is 15.5. The molecule has 0 aliphatic carbocycles. The fourth-order valence-corrected chi connectivity index (χ4v) is 14.4. The van der Waals surface area contributed by atoms with Crippen LogP contribution in [0.2, 0.25) is 5.04 Å². The molecule has 0 radical (unpaired) electrons. The van der Waals surface area contributed by atoms with E-state index in [0.717, 1.165) is 15.9 Å². The van der Waals surface area contributed by atoms with Gasteiger partial charge >= 0.3 is 0 Å². The molecule has 1 unspecified atom stereocenters. The monoisotopic (exact) mass is 513 g/mol. The van der Waals surface area contributed by atoms with Crippen LogP contribution in [0, 0.1) is 0 Å². The lowest BCUT2D eigenvalue weighted by Crippen LogP contribution is -2.63. The molecule has 0 heterocycles. The zero-order valence-electron chi connectivity index (χ0n) is 21.5. The lowest BCUT2D eigenvalue weighted by Gasteiger charge is -2.41. The largest absolute Gasteiger partial charge is 0.384 e. The summed E-state index contributed by atoms with van der Waals surface area (Å²) in [5.41, 5.74) is -0.602. The van der Waals surface area contributed by atoms with Crippen molar-refractivity contribution in [3.8, 4) is 0 Å². The smallest absolute Gasteiger partial charge is 0.260 e. The molecule has 4 rings (SSSR count). The Labute approximate surface area is 217 Å². The quantitative estimate of drug-likeness (QED) is 0.309. The van der Waals surface area contributed by atoms with Gasteiger partial charge in [0.15, 0.2) is 0 Å². The molecule has 4 aromatic carbocycles. The molecule has 3 nitrogen and oxygen atoms in total. The molecule has 0 fully saturated rings. The predicted molar refractivity (Wildman–Crippen MR) is 154 cm³/mol. The topological polar surface area (TPSA) is 49.7 Å². The third-order valence-electron chi connectivity index (χ3n) is 6.74. The molecule has 0 aliphatic heterocycles. The van der Waals surface area contributed by atoms with E-state index in [-0.39, 0.29) is 10.8 Å². The van der Waals surface area contributed by atoms with E-state index < -0.39 is 23.6 Å². The molecule has 0 amide bonds. The Morgan fingerprint density at radius 3 is 1.47 bits per heavy atom. The van der Waals surface area contributed by atoms with E-state index >= 15 is 4.21 Å². The molecular formula is C31H35NO2SSi. The molecule has 36 heavy (non-hydrogen) atoms. The van der Waals surface area contributed by atoms with Crippen molar-refractivity contribution in [1.29, 1.82) is 0 Å². The summed E-state index contributed by atoms with van der Waals surface area (Å²) in [4.78, 5) is 0.647. The zero-order valence-corrected chi connectivity index (χ0v) is 23.3. The molecule has 4 aromatic rings. The summed E-state index contributed by atoms with van der Waals surface area (Å²) in [6.07, 6.45) is 0. The molecule has 0 spiro atoms. The average Bonchev–Trinajstić information content (AvgIpc) is 2.88. The van der Waals surface area contributed by atoms with E-state index in [9.17, 15) is 5.11 Å². The molecule has 1 N–H and O–H groups in total. The normalized spacial score (nSPS) is 15.5. The molecular weight excluding hydrogens is 478 g/mol. The Kier molecular flexibility index (Phi) is 7.37. The van der Waals surface area contributed by atoms with Crippen molar-refractivity contribution >= 4 is 28.3 Å². The first kappa shape index (κ1) is 26.1. The molecule has 5 heteroatoms. The maximum atomic E-state index is 15.3. The summed E-state index contributed by atoms with van der Waals surface area (Å²) in [6.45, 7) is 8.33. The second kappa shape index (κ2) is 10.2. The van der Waals surface area contributed by atoms with Crippen LogP contribution in [0.25, 0.3) is 0 Å². The second-order valence-corrected chi connectivity index (χ2v) is 17.4. The molecule has 186 valence electrons. The minimum atomic E-state index is -3.07. The standard InChI is InChI=1S/C31H35NO2SSi/c1-30(2,3)36(28-21-13-7-14-22-28,29-23-15-8-16-24-29)32-35(34,27-19-11-6-12-20-27)25-31(4,33)26-17-9-5-10-18-26/h5-24,33H,25H2,1-4H3/t31-,35?/m1/s1. The number of hydrogen-bond donors (Lipinski definition) is 1. The molecule has 0 saturated heterocycles. The van der Waals surface area contributed by atoms with Crippen LogP contribution in [0.4, 0.5) is 0 Å². The summed E-state index contributed by atoms with van der Waals surface area (Å²) in [7, 11) is -6.10. The highest BCUT2D eigenvalue weighted by Crippen LogP contribution is 2.39. The van der Waals surface area contributed by atoms with Gasteiger partial charge in [-0.05, 0) is 40.0 Å². The van der Waals surface area contributed by atoms with E-state index in [1.807, 2.05) is 97.1 Å². The number of benzene rings is 4. The Morgan fingerprint density at radius 2 is 1.06 bits per heavy atom. The van der Waals surface area contributed by atoms with Gasteiger partial charge in [0, 0.05) is 4.90 Å². The molecule has 0 saturated carbocycles. The van der Waals surface area contributed by atoms with E-state index in [4.69, 9.17) is 4.03 Å². The second-order valence-electron chi connectivity index (χ2n) is 10.5. The van der Waals surface area contributed by atoms with Gasteiger partial charge in [0.1, 0.15) is 0 Å². The maximum absolute atomic E-state index is 15.3. The first-order chi connectivity index (χ1) is 17.1. The number of aliphatic hydroxyl groups is 1. The molecule has 2 atom stereocenters. The first-order valence-electron chi connectivity index (χ1n) is 12.3. The minimum Gasteiger partial charge on any atom is -0.384 e. The highest BCUT2D eigenvalue weighted by atomic mass is 32.2. The van der Waals surface area contributed by atoms with Crippen molar-refractivity contribution in [2.75, 3.05) is 5.75 Å². The van der Waals surface area contributed by atoms with Crippen LogP contribution in [-0.2, 0) is 15.3 Å². The Morgan fingerprint density at radius 1 is 0.667 bits per heavy atom. The van der Waals surface area contributed by atoms with Crippen LogP contribution in [-0.4, -0.2) is 23.3 Å². The van der Waals surface area contributed by atoms with Crippen molar-refractivity contribution in [3.05, 3.63) is 127 Å². The third kappa shape index (κ3) is 5.10. The lowest BCUT2D eigenvalue weighted by atomic mass is 9.99. The lowest BCUT2D eigenvalue weighted by molar-refractivity contribution is 0.0826. The van der Waals surface area contributed by atoms with Crippen LogP contribution in [0.5, 0.6) is 0 Å². The SMILES string of the molecule is CC(C)(C)[Si](N=S(=O)(C[C@@](C)(O)c1ccccc1)c1ccccc1)(c1ccccc1)c1ccccc1. The summed E-state index contributed by atoms with van der Waals surface area (Å²) in [6, 6.07) is 39.6. The van der Waals surface area contributed by atoms with Gasteiger partial charge in [-0.15, -0.1) is 0 Å². The highest BCUT2D eigenvalue weighted by molar-refractivity contribution is 7.94. The Bertz CT molecular complexity index is 1350. The summed E-state index contributed by atoms with van der Waals surface area (Å²) >= 11 is 0. The van der Waals surface area contributed by atoms with E-state index in [1.165, 1.54) is 0 Å². The van der Waals surface area contributed by atoms with Gasteiger partial charge in [-0.1, -0.05) is 130 Å². The molecule has 0 bridgehead atoms. The van der Waals surface area contributed by atoms with Crippen LogP contribution in [0.1, 0.15) is 33.3 Å². The highest BCUT2D eigenvalue weighted by Gasteiger charge is 2.50. The van der Waals surface area contributed by atoms with E-state index in [0.29, 0.717) is 4.90 Å². The number of rotatable bonds is 7. The first-order valence-corrected chi connectivity index (χ1v) is 15.9. The summed E-state index contributed by atoms with van der Waals surface area (Å²) in [5.74, 6) is -0.00146. The number of nitrogens with zero attached hydrogens (tertiary/aromatic N) is 1. The van der Waals surface area contributed by atoms with Gasteiger partial charge < -0.3 is 5.11 Å². The van der Waals surface area contributed by atoms with Gasteiger partial charge in [0.25, 0.3) is 8.24 Å². The maximum Gasteiger partial charge on any atom is 0.260 e. The number of hydrogen-bond acceptors (Lipinski definition) is 3. The zero-order chi connectivity index (χ0) is 25.9. The van der Waals surface area contributed by atoms with Gasteiger partial charge in [-0.3, -0.25) is 4.03 Å². The van der Waals surface area contributed by atoms with Crippen molar-refractivity contribution in [2.45, 2.75) is 43.2 Å². The molecule has 0 aliphatic rings. The van der Waals surface area contributed by atoms with Gasteiger partial charge in [0.2, 0.25) is 0 Å². The van der Waals surface area contributed by atoms with Crippen molar-refractivity contribution in [1.82, 2.24) is 0 Å². The van der Waals surface area contributed by atoms with Crippen molar-refractivity contribution in [3.63, 3.8) is 0 Å². The van der Waals surface area contributed by atoms with Crippen LogP contribution in [0.3, 0.4) is 0 Å². The van der Waals surface area contributed by atoms with E-state index in [1.54, 1.807) is 6.92 Å². The van der Waals surface area contributed by atoms with Crippen LogP contribution >= 0.6 is 0 Å².